The Morgan fingerprint density at radius 2 is 2.21 bits per heavy atom. The third-order valence-electron chi connectivity index (χ3n) is 5.03. The number of hydrogen-bond acceptors (Lipinski definition) is 3. The molecule has 132 valence electrons. The topological polar surface area (TPSA) is 49.8 Å². The van der Waals surface area contributed by atoms with Gasteiger partial charge in [-0.25, -0.2) is 4.39 Å². The van der Waals surface area contributed by atoms with E-state index < -0.39 is 6.10 Å². The molecule has 0 bridgehead atoms. The highest BCUT2D eigenvalue weighted by Crippen LogP contribution is 2.29. The number of rotatable bonds is 6. The summed E-state index contributed by atoms with van der Waals surface area (Å²) in [7, 11) is 0. The zero-order chi connectivity index (χ0) is 17.1. The highest BCUT2D eigenvalue weighted by Gasteiger charge is 2.27. The normalized spacial score (nSPS) is 22.5. The summed E-state index contributed by atoms with van der Waals surface area (Å²) in [5.74, 6) is 0.319. The third kappa shape index (κ3) is 4.33. The van der Waals surface area contributed by atoms with Gasteiger partial charge in [0, 0.05) is 36.7 Å². The van der Waals surface area contributed by atoms with E-state index in [1.807, 2.05) is 0 Å². The smallest absolute Gasteiger partial charge is 0.253 e. The molecule has 1 amide bonds. The molecule has 1 heterocycles. The Hall–Kier alpha value is -1.46. The maximum Gasteiger partial charge on any atom is 0.253 e. The molecule has 4 nitrogen and oxygen atoms in total. The monoisotopic (exact) mass is 335 g/mol. The summed E-state index contributed by atoms with van der Waals surface area (Å²) in [6.45, 7) is 3.89. The van der Waals surface area contributed by atoms with Gasteiger partial charge in [-0.05, 0) is 56.7 Å². The summed E-state index contributed by atoms with van der Waals surface area (Å²) in [6.07, 6.45) is 3.80. The van der Waals surface area contributed by atoms with Gasteiger partial charge in [0.25, 0.3) is 5.91 Å². The van der Waals surface area contributed by atoms with Crippen LogP contribution in [0, 0.1) is 17.7 Å². The van der Waals surface area contributed by atoms with Gasteiger partial charge in [-0.2, -0.15) is 0 Å². The van der Waals surface area contributed by atoms with Crippen LogP contribution in [0.25, 0.3) is 0 Å². The molecule has 0 aromatic heterocycles. The number of piperidine rings is 1. The van der Waals surface area contributed by atoms with E-state index in [4.69, 9.17) is 4.74 Å². The fourth-order valence-corrected chi connectivity index (χ4v) is 3.21. The Labute approximate surface area is 142 Å². The van der Waals surface area contributed by atoms with Crippen LogP contribution in [0.3, 0.4) is 0 Å². The first-order valence-corrected chi connectivity index (χ1v) is 8.88. The number of aliphatic hydroxyl groups excluding tert-OH is 1. The SMILES string of the molecule is CC(O)C1CCCN(C(=O)c2ccc(F)c(COCC3CC3)c2)C1. The van der Waals surface area contributed by atoms with Gasteiger partial charge in [-0.3, -0.25) is 4.79 Å². The second-order valence-electron chi connectivity index (χ2n) is 7.16. The molecule has 0 spiro atoms. The highest BCUT2D eigenvalue weighted by molar-refractivity contribution is 5.94. The Balaban J connectivity index is 1.65. The van der Waals surface area contributed by atoms with Crippen LogP contribution in [-0.4, -0.2) is 41.7 Å². The molecule has 5 heteroatoms. The molecule has 1 N–H and O–H groups in total. The molecule has 3 rings (SSSR count). The zero-order valence-corrected chi connectivity index (χ0v) is 14.2. The lowest BCUT2D eigenvalue weighted by Gasteiger charge is -2.34. The Morgan fingerprint density at radius 3 is 2.92 bits per heavy atom. The molecule has 1 saturated carbocycles. The summed E-state index contributed by atoms with van der Waals surface area (Å²) >= 11 is 0. The first-order valence-electron chi connectivity index (χ1n) is 8.88. The standard InChI is InChI=1S/C19H26FNO3/c1-13(22)16-3-2-8-21(10-16)19(23)15-6-7-18(20)17(9-15)12-24-11-14-4-5-14/h6-7,9,13-14,16,22H,2-5,8,10-12H2,1H3. The Bertz CT molecular complexity index is 586. The molecule has 1 saturated heterocycles. The zero-order valence-electron chi connectivity index (χ0n) is 14.2. The minimum absolute atomic E-state index is 0.0937. The minimum Gasteiger partial charge on any atom is -0.393 e. The third-order valence-corrected chi connectivity index (χ3v) is 5.03. The van der Waals surface area contributed by atoms with Crippen LogP contribution < -0.4 is 0 Å². The van der Waals surface area contributed by atoms with Crippen LogP contribution in [-0.2, 0) is 11.3 Å². The van der Waals surface area contributed by atoms with Crippen molar-refractivity contribution < 1.29 is 19.0 Å². The Kier molecular flexibility index (Phi) is 5.51. The summed E-state index contributed by atoms with van der Waals surface area (Å²) in [5.41, 5.74) is 0.929. The van der Waals surface area contributed by atoms with Crippen molar-refractivity contribution in [3.63, 3.8) is 0 Å². The van der Waals surface area contributed by atoms with Crippen LogP contribution in [0.5, 0.6) is 0 Å². The fourth-order valence-electron chi connectivity index (χ4n) is 3.21. The maximum atomic E-state index is 13.9. The van der Waals surface area contributed by atoms with Crippen molar-refractivity contribution in [2.45, 2.75) is 45.3 Å². The number of aliphatic hydroxyl groups is 1. The van der Waals surface area contributed by atoms with E-state index >= 15 is 0 Å². The summed E-state index contributed by atoms with van der Waals surface area (Å²) < 4.78 is 19.5. The number of amides is 1. The number of carbonyl (C=O) groups excluding carboxylic acids is 1. The Morgan fingerprint density at radius 1 is 1.42 bits per heavy atom. The molecule has 2 unspecified atom stereocenters. The molecule has 0 radical (unpaired) electrons. The van der Waals surface area contributed by atoms with Crippen molar-refractivity contribution in [1.29, 1.82) is 0 Å². The molecule has 2 aliphatic rings. The lowest BCUT2D eigenvalue weighted by molar-refractivity contribution is 0.0465. The van der Waals surface area contributed by atoms with Crippen molar-refractivity contribution in [1.82, 2.24) is 4.90 Å². The van der Waals surface area contributed by atoms with Gasteiger partial charge in [0.2, 0.25) is 0 Å². The predicted molar refractivity (Wildman–Crippen MR) is 89.1 cm³/mol. The van der Waals surface area contributed by atoms with Gasteiger partial charge in [-0.1, -0.05) is 0 Å². The second-order valence-corrected chi connectivity index (χ2v) is 7.16. The predicted octanol–water partition coefficient (Wildman–Crippen LogP) is 2.99. The number of likely N-dealkylation sites (tertiary alicyclic amines) is 1. The average molecular weight is 335 g/mol. The molecule has 2 atom stereocenters. The quantitative estimate of drug-likeness (QED) is 0.869. The summed E-state index contributed by atoms with van der Waals surface area (Å²) in [4.78, 5) is 14.5. The molecule has 24 heavy (non-hydrogen) atoms. The number of halogens is 1. The van der Waals surface area contributed by atoms with Gasteiger partial charge >= 0.3 is 0 Å². The fraction of sp³-hybridized carbons (Fsp3) is 0.632. The first-order chi connectivity index (χ1) is 11.5. The van der Waals surface area contributed by atoms with E-state index in [9.17, 15) is 14.3 Å². The number of carbonyl (C=O) groups is 1. The number of ether oxygens (including phenoxy) is 1. The minimum atomic E-state index is -0.416. The van der Waals surface area contributed by atoms with Crippen LogP contribution in [0.1, 0.15) is 48.5 Å². The van der Waals surface area contributed by atoms with Gasteiger partial charge in [0.15, 0.2) is 0 Å². The summed E-state index contributed by atoms with van der Waals surface area (Å²) in [5, 5.41) is 9.77. The van der Waals surface area contributed by atoms with Crippen molar-refractivity contribution in [3.8, 4) is 0 Å². The average Bonchev–Trinajstić information content (AvgIpc) is 3.40. The molecular weight excluding hydrogens is 309 g/mol. The highest BCUT2D eigenvalue weighted by atomic mass is 19.1. The van der Waals surface area contributed by atoms with Crippen LogP contribution in [0.15, 0.2) is 18.2 Å². The maximum absolute atomic E-state index is 13.9. The lowest BCUT2D eigenvalue weighted by Crippen LogP contribution is -2.43. The van der Waals surface area contributed by atoms with Crippen molar-refractivity contribution in [3.05, 3.63) is 35.1 Å². The molecule has 1 aliphatic carbocycles. The van der Waals surface area contributed by atoms with E-state index in [-0.39, 0.29) is 24.2 Å². The molecule has 2 fully saturated rings. The van der Waals surface area contributed by atoms with Gasteiger partial charge in [-0.15, -0.1) is 0 Å². The van der Waals surface area contributed by atoms with E-state index in [0.717, 1.165) is 12.8 Å². The van der Waals surface area contributed by atoms with Crippen molar-refractivity contribution >= 4 is 5.91 Å². The molecule has 1 aromatic carbocycles. The molecular formula is C19H26FNO3. The van der Waals surface area contributed by atoms with Crippen LogP contribution >= 0.6 is 0 Å². The van der Waals surface area contributed by atoms with Crippen molar-refractivity contribution in [2.24, 2.45) is 11.8 Å². The van der Waals surface area contributed by atoms with Crippen LogP contribution in [0.2, 0.25) is 0 Å². The van der Waals surface area contributed by atoms with E-state index in [0.29, 0.717) is 36.7 Å². The molecule has 1 aromatic rings. The van der Waals surface area contributed by atoms with Crippen molar-refractivity contribution in [2.75, 3.05) is 19.7 Å². The van der Waals surface area contributed by atoms with E-state index in [1.165, 1.54) is 25.0 Å². The number of hydrogen-bond donors (Lipinski definition) is 1. The number of benzene rings is 1. The van der Waals surface area contributed by atoms with Gasteiger partial charge < -0.3 is 14.7 Å². The number of nitrogens with zero attached hydrogens (tertiary/aromatic N) is 1. The van der Waals surface area contributed by atoms with E-state index in [2.05, 4.69) is 0 Å². The lowest BCUT2D eigenvalue weighted by atomic mass is 9.93. The van der Waals surface area contributed by atoms with Crippen LogP contribution in [0.4, 0.5) is 4.39 Å². The summed E-state index contributed by atoms with van der Waals surface area (Å²) in [6, 6.07) is 4.49. The van der Waals surface area contributed by atoms with Gasteiger partial charge in [0.05, 0.1) is 12.7 Å². The first kappa shape index (κ1) is 17.4. The van der Waals surface area contributed by atoms with Gasteiger partial charge in [0.1, 0.15) is 5.82 Å². The molecule has 1 aliphatic heterocycles. The largest absolute Gasteiger partial charge is 0.393 e. The van der Waals surface area contributed by atoms with E-state index in [1.54, 1.807) is 17.9 Å². The second kappa shape index (κ2) is 7.62.